The Morgan fingerprint density at radius 3 is 2.37 bits per heavy atom. The second-order valence-electron chi connectivity index (χ2n) is 4.53. The van der Waals surface area contributed by atoms with Crippen molar-refractivity contribution < 1.29 is 18.3 Å². The second-order valence-corrected chi connectivity index (χ2v) is 6.96. The molecule has 0 aliphatic heterocycles. The summed E-state index contributed by atoms with van der Waals surface area (Å²) in [5, 5.41) is 0. The Balaban J connectivity index is 2.15. The first kappa shape index (κ1) is 14.5. The number of hydrogen-bond donors (Lipinski definition) is 0. The van der Waals surface area contributed by atoms with Crippen LogP contribution in [0.15, 0.2) is 36.4 Å². The average molecular weight is 282 g/mol. The van der Waals surface area contributed by atoms with E-state index in [0.717, 1.165) is 5.56 Å². The molecule has 1 fully saturated rings. The van der Waals surface area contributed by atoms with Crippen LogP contribution in [0.1, 0.15) is 12.0 Å². The molecule has 19 heavy (non-hydrogen) atoms. The summed E-state index contributed by atoms with van der Waals surface area (Å²) in [6.45, 7) is 0. The van der Waals surface area contributed by atoms with Crippen LogP contribution in [0.25, 0.3) is 6.08 Å². The van der Waals surface area contributed by atoms with E-state index in [-0.39, 0.29) is 5.66 Å². The van der Waals surface area contributed by atoms with Gasteiger partial charge in [0, 0.05) is 21.3 Å². The van der Waals surface area contributed by atoms with Gasteiger partial charge in [-0.05, 0) is 12.0 Å². The van der Waals surface area contributed by atoms with Crippen LogP contribution in [0, 0.1) is 0 Å². The van der Waals surface area contributed by atoms with Crippen LogP contribution in [-0.4, -0.2) is 32.6 Å². The molecule has 0 bridgehead atoms. The SMILES string of the molecule is CO[C@]1(/C=C/c2ccccc2)C[C@@H]1P(=O)(OC)OC. The van der Waals surface area contributed by atoms with E-state index in [0.29, 0.717) is 6.42 Å². The number of rotatable bonds is 6. The molecule has 0 spiro atoms. The molecule has 1 aromatic rings. The molecule has 5 heteroatoms. The maximum absolute atomic E-state index is 12.3. The fraction of sp³-hybridized carbons (Fsp3) is 0.429. The summed E-state index contributed by atoms with van der Waals surface area (Å²) in [5.41, 5.74) is 0.298. The summed E-state index contributed by atoms with van der Waals surface area (Å²) < 4.78 is 27.9. The molecule has 1 aliphatic rings. The van der Waals surface area contributed by atoms with Crippen LogP contribution in [0.3, 0.4) is 0 Å². The highest BCUT2D eigenvalue weighted by Crippen LogP contribution is 2.67. The van der Waals surface area contributed by atoms with Gasteiger partial charge in [0.2, 0.25) is 0 Å². The van der Waals surface area contributed by atoms with Gasteiger partial charge < -0.3 is 13.8 Å². The molecule has 1 aromatic carbocycles. The monoisotopic (exact) mass is 282 g/mol. The fourth-order valence-electron chi connectivity index (χ4n) is 2.22. The maximum Gasteiger partial charge on any atom is 0.336 e. The molecule has 0 aromatic heterocycles. The molecule has 2 rings (SSSR count). The van der Waals surface area contributed by atoms with Gasteiger partial charge >= 0.3 is 7.60 Å². The lowest BCUT2D eigenvalue weighted by Gasteiger charge is -2.17. The molecular weight excluding hydrogens is 263 g/mol. The molecule has 104 valence electrons. The smallest absolute Gasteiger partial charge is 0.336 e. The zero-order chi connectivity index (χ0) is 13.9. The zero-order valence-electron chi connectivity index (χ0n) is 11.4. The number of benzene rings is 1. The molecule has 0 radical (unpaired) electrons. The molecular formula is C14H19O4P. The standard InChI is InChI=1S/C14H19O4P/c1-16-14(10-9-12-7-5-4-6-8-12)11-13(14)19(15,17-2)18-3/h4-10,13H,11H2,1-3H3/b10-9+/t13-,14+/m0/s1. The van der Waals surface area contributed by atoms with Crippen LogP contribution >= 0.6 is 7.60 Å². The second kappa shape index (κ2) is 5.59. The van der Waals surface area contributed by atoms with Crippen LogP contribution in [0.5, 0.6) is 0 Å². The lowest BCUT2D eigenvalue weighted by Crippen LogP contribution is -2.15. The van der Waals surface area contributed by atoms with Crippen molar-refractivity contribution >= 4 is 13.7 Å². The topological polar surface area (TPSA) is 44.8 Å². The van der Waals surface area contributed by atoms with Gasteiger partial charge in [-0.2, -0.15) is 0 Å². The van der Waals surface area contributed by atoms with Crippen LogP contribution < -0.4 is 0 Å². The van der Waals surface area contributed by atoms with Crippen molar-refractivity contribution in [3.05, 3.63) is 42.0 Å². The van der Waals surface area contributed by atoms with E-state index >= 15 is 0 Å². The largest absolute Gasteiger partial charge is 0.373 e. The predicted octanol–water partition coefficient (Wildman–Crippen LogP) is 3.34. The van der Waals surface area contributed by atoms with E-state index in [4.69, 9.17) is 13.8 Å². The van der Waals surface area contributed by atoms with Gasteiger partial charge in [0.15, 0.2) is 0 Å². The Kier molecular flexibility index (Phi) is 4.26. The van der Waals surface area contributed by atoms with Crippen LogP contribution in [-0.2, 0) is 18.3 Å². The summed E-state index contributed by atoms with van der Waals surface area (Å²) >= 11 is 0. The number of hydrogen-bond acceptors (Lipinski definition) is 4. The van der Waals surface area contributed by atoms with Crippen molar-refractivity contribution in [2.75, 3.05) is 21.3 Å². The Morgan fingerprint density at radius 1 is 1.21 bits per heavy atom. The molecule has 0 N–H and O–H groups in total. The minimum atomic E-state index is -3.08. The van der Waals surface area contributed by atoms with Gasteiger partial charge in [-0.3, -0.25) is 4.57 Å². The highest BCUT2D eigenvalue weighted by Gasteiger charge is 2.63. The highest BCUT2D eigenvalue weighted by atomic mass is 31.2. The van der Waals surface area contributed by atoms with Crippen LogP contribution in [0.2, 0.25) is 0 Å². The molecule has 0 amide bonds. The van der Waals surface area contributed by atoms with Gasteiger partial charge in [-0.1, -0.05) is 42.5 Å². The lowest BCUT2D eigenvalue weighted by atomic mass is 10.2. The van der Waals surface area contributed by atoms with Crippen molar-refractivity contribution in [3.8, 4) is 0 Å². The predicted molar refractivity (Wildman–Crippen MR) is 75.2 cm³/mol. The molecule has 0 saturated heterocycles. The van der Waals surface area contributed by atoms with Crippen molar-refractivity contribution in [1.82, 2.24) is 0 Å². The quantitative estimate of drug-likeness (QED) is 0.751. The first-order chi connectivity index (χ1) is 9.10. The van der Waals surface area contributed by atoms with Crippen molar-refractivity contribution in [3.63, 3.8) is 0 Å². The highest BCUT2D eigenvalue weighted by molar-refractivity contribution is 7.55. The summed E-state index contributed by atoms with van der Waals surface area (Å²) in [6, 6.07) is 9.91. The minimum absolute atomic E-state index is 0.236. The third kappa shape index (κ3) is 2.82. The Morgan fingerprint density at radius 2 is 1.84 bits per heavy atom. The molecule has 4 nitrogen and oxygen atoms in total. The molecule has 0 unspecified atom stereocenters. The molecule has 0 heterocycles. The first-order valence-electron chi connectivity index (χ1n) is 6.11. The Hall–Kier alpha value is -0.930. The Bertz CT molecular complexity index is 491. The van der Waals surface area contributed by atoms with E-state index in [9.17, 15) is 4.57 Å². The van der Waals surface area contributed by atoms with E-state index in [1.807, 2.05) is 42.5 Å². The van der Waals surface area contributed by atoms with Crippen molar-refractivity contribution in [1.29, 1.82) is 0 Å². The lowest BCUT2D eigenvalue weighted by molar-refractivity contribution is 0.118. The van der Waals surface area contributed by atoms with Gasteiger partial charge in [-0.15, -0.1) is 0 Å². The van der Waals surface area contributed by atoms with E-state index in [1.54, 1.807) is 7.11 Å². The molecule has 2 atom stereocenters. The minimum Gasteiger partial charge on any atom is -0.373 e. The van der Waals surface area contributed by atoms with Gasteiger partial charge in [0.25, 0.3) is 0 Å². The normalized spacial score (nSPS) is 26.8. The van der Waals surface area contributed by atoms with E-state index in [2.05, 4.69) is 0 Å². The molecule has 1 saturated carbocycles. The zero-order valence-corrected chi connectivity index (χ0v) is 12.3. The molecule has 1 aliphatic carbocycles. The summed E-state index contributed by atoms with van der Waals surface area (Å²) in [5.74, 6) is 0. The van der Waals surface area contributed by atoms with E-state index < -0.39 is 13.2 Å². The van der Waals surface area contributed by atoms with E-state index in [1.165, 1.54) is 14.2 Å². The average Bonchev–Trinajstić information content (AvgIpc) is 3.21. The maximum atomic E-state index is 12.3. The van der Waals surface area contributed by atoms with Crippen LogP contribution in [0.4, 0.5) is 0 Å². The van der Waals surface area contributed by atoms with Gasteiger partial charge in [0.1, 0.15) is 5.60 Å². The van der Waals surface area contributed by atoms with Crippen molar-refractivity contribution in [2.24, 2.45) is 0 Å². The number of ether oxygens (including phenoxy) is 1. The van der Waals surface area contributed by atoms with Crippen molar-refractivity contribution in [2.45, 2.75) is 17.7 Å². The first-order valence-corrected chi connectivity index (χ1v) is 7.72. The van der Waals surface area contributed by atoms with Gasteiger partial charge in [0.05, 0.1) is 5.66 Å². The fourth-order valence-corrected chi connectivity index (χ4v) is 4.11. The summed E-state index contributed by atoms with van der Waals surface area (Å²) in [7, 11) is 1.35. The Labute approximate surface area is 113 Å². The third-order valence-electron chi connectivity index (χ3n) is 3.54. The number of methoxy groups -OCH3 is 1. The third-order valence-corrected chi connectivity index (χ3v) is 5.95. The van der Waals surface area contributed by atoms with Gasteiger partial charge in [-0.25, -0.2) is 0 Å². The summed E-state index contributed by atoms with van der Waals surface area (Å²) in [6.07, 6.45) is 4.56. The summed E-state index contributed by atoms with van der Waals surface area (Å²) in [4.78, 5) is 0.